The maximum Gasteiger partial charge on any atom is 0.258 e. The van der Waals surface area contributed by atoms with Crippen LogP contribution in [0.4, 0.5) is 5.69 Å². The smallest absolute Gasteiger partial charge is 0.258 e. The van der Waals surface area contributed by atoms with Crippen molar-refractivity contribution in [2.45, 2.75) is 31.8 Å². The zero-order chi connectivity index (χ0) is 25.4. The highest BCUT2D eigenvalue weighted by Gasteiger charge is 2.36. The molecule has 2 amide bonds. The average molecular weight is 493 g/mol. The monoisotopic (exact) mass is 492 g/mol. The maximum absolute atomic E-state index is 13.4. The third kappa shape index (κ3) is 4.65. The molecule has 0 spiro atoms. The average Bonchev–Trinajstić information content (AvgIpc) is 3.28. The van der Waals surface area contributed by atoms with Gasteiger partial charge in [-0.1, -0.05) is 60.7 Å². The Hall–Kier alpha value is -3.90. The number of nitrogens with one attached hydrogen (secondary N) is 3. The molecule has 188 valence electrons. The Labute approximate surface area is 217 Å². The van der Waals surface area contributed by atoms with Gasteiger partial charge in [0.1, 0.15) is 0 Å². The fourth-order valence-corrected chi connectivity index (χ4v) is 5.88. The van der Waals surface area contributed by atoms with Crippen molar-refractivity contribution in [2.75, 3.05) is 25.0 Å². The van der Waals surface area contributed by atoms with E-state index in [0.29, 0.717) is 23.1 Å². The van der Waals surface area contributed by atoms with Crippen LogP contribution in [0.2, 0.25) is 0 Å². The van der Waals surface area contributed by atoms with Crippen LogP contribution in [0.15, 0.2) is 78.9 Å². The van der Waals surface area contributed by atoms with Gasteiger partial charge in [-0.25, -0.2) is 0 Å². The van der Waals surface area contributed by atoms with E-state index in [9.17, 15) is 9.59 Å². The van der Waals surface area contributed by atoms with Crippen molar-refractivity contribution in [2.24, 2.45) is 5.92 Å². The third-order valence-corrected chi connectivity index (χ3v) is 7.97. The highest BCUT2D eigenvalue weighted by Crippen LogP contribution is 2.38. The van der Waals surface area contributed by atoms with Gasteiger partial charge in [0.05, 0.1) is 17.3 Å². The molecule has 3 fully saturated rings. The second kappa shape index (κ2) is 9.87. The molecule has 0 aliphatic carbocycles. The van der Waals surface area contributed by atoms with Gasteiger partial charge in [-0.2, -0.15) is 0 Å². The zero-order valence-electron chi connectivity index (χ0n) is 21.0. The highest BCUT2D eigenvalue weighted by molar-refractivity contribution is 6.36. The molecule has 6 nitrogen and oxygen atoms in total. The number of benzene rings is 3. The molecule has 3 aromatic carbocycles. The van der Waals surface area contributed by atoms with Crippen molar-refractivity contribution < 1.29 is 9.59 Å². The third-order valence-electron chi connectivity index (χ3n) is 7.97. The van der Waals surface area contributed by atoms with Crippen molar-refractivity contribution in [1.29, 1.82) is 0 Å². The number of carbonyl (C=O) groups excluding carboxylic acids is 2. The summed E-state index contributed by atoms with van der Waals surface area (Å²) in [5.41, 5.74) is 5.49. The quantitative estimate of drug-likeness (QED) is 0.437. The standard InChI is InChI=1S/C31H32N4O2/c1-20(21-8-4-2-5-9-21)32-30(36)24-12-13-26-25(18-24)28(31(37)34-26)29(23-10-6-3-7-11-23)33-27-19-35-16-14-22(27)15-17-35/h2-13,18,20,22,27,33H,14-17,19H2,1H3,(H,32,36)(H,34,37)/b29-28-/t20-,27?/m1/s1. The molecular formula is C31H32N4O2. The number of hydrogen-bond acceptors (Lipinski definition) is 4. The molecule has 37 heavy (non-hydrogen) atoms. The second-order valence-electron chi connectivity index (χ2n) is 10.3. The van der Waals surface area contributed by atoms with Gasteiger partial charge in [0, 0.05) is 29.4 Å². The van der Waals surface area contributed by atoms with Crippen molar-refractivity contribution >= 4 is 28.8 Å². The van der Waals surface area contributed by atoms with Crippen LogP contribution in [-0.2, 0) is 4.79 Å². The van der Waals surface area contributed by atoms with E-state index in [0.717, 1.165) is 47.7 Å². The summed E-state index contributed by atoms with van der Waals surface area (Å²) in [5, 5.41) is 9.91. The van der Waals surface area contributed by atoms with Gasteiger partial charge in [0.15, 0.2) is 0 Å². The predicted molar refractivity (Wildman–Crippen MR) is 147 cm³/mol. The predicted octanol–water partition coefficient (Wildman–Crippen LogP) is 4.68. The van der Waals surface area contributed by atoms with E-state index in [1.807, 2.05) is 79.7 Å². The number of fused-ring (bicyclic) bond motifs is 4. The molecule has 4 aliphatic rings. The van der Waals surface area contributed by atoms with Crippen molar-refractivity contribution in [1.82, 2.24) is 15.5 Å². The minimum atomic E-state index is -0.163. The van der Waals surface area contributed by atoms with Gasteiger partial charge in [-0.3, -0.25) is 9.59 Å². The van der Waals surface area contributed by atoms with Crippen LogP contribution in [0.25, 0.3) is 11.3 Å². The van der Waals surface area contributed by atoms with E-state index in [1.54, 1.807) is 6.07 Å². The Kier molecular flexibility index (Phi) is 6.26. The normalized spacial score (nSPS) is 24.1. The second-order valence-corrected chi connectivity index (χ2v) is 10.3. The number of rotatable bonds is 6. The number of piperidine rings is 3. The molecule has 3 N–H and O–H groups in total. The molecule has 2 bridgehead atoms. The Bertz CT molecular complexity index is 1340. The molecule has 0 saturated carbocycles. The van der Waals surface area contributed by atoms with E-state index in [2.05, 4.69) is 20.9 Å². The molecule has 3 saturated heterocycles. The van der Waals surface area contributed by atoms with Crippen LogP contribution in [0.1, 0.15) is 52.9 Å². The summed E-state index contributed by atoms with van der Waals surface area (Å²) < 4.78 is 0. The fourth-order valence-electron chi connectivity index (χ4n) is 5.88. The maximum atomic E-state index is 13.4. The summed E-state index contributed by atoms with van der Waals surface area (Å²) in [7, 11) is 0. The van der Waals surface area contributed by atoms with Crippen molar-refractivity contribution in [3.63, 3.8) is 0 Å². The molecule has 4 aliphatic heterocycles. The summed E-state index contributed by atoms with van der Waals surface area (Å²) in [6.45, 7) is 5.28. The van der Waals surface area contributed by atoms with Crippen LogP contribution in [-0.4, -0.2) is 42.4 Å². The van der Waals surface area contributed by atoms with E-state index in [1.165, 1.54) is 12.8 Å². The van der Waals surface area contributed by atoms with Gasteiger partial charge in [0.2, 0.25) is 0 Å². The van der Waals surface area contributed by atoms with Gasteiger partial charge < -0.3 is 20.9 Å². The van der Waals surface area contributed by atoms with Crippen LogP contribution in [0, 0.1) is 5.92 Å². The molecule has 1 unspecified atom stereocenters. The number of nitrogens with zero attached hydrogens (tertiary/aromatic N) is 1. The van der Waals surface area contributed by atoms with Crippen LogP contribution < -0.4 is 16.0 Å². The van der Waals surface area contributed by atoms with Crippen LogP contribution >= 0.6 is 0 Å². The molecule has 4 heterocycles. The molecule has 0 radical (unpaired) electrons. The summed E-state index contributed by atoms with van der Waals surface area (Å²) in [5.74, 6) is 0.298. The molecular weight excluding hydrogens is 460 g/mol. The van der Waals surface area contributed by atoms with Gasteiger partial charge >= 0.3 is 0 Å². The summed E-state index contributed by atoms with van der Waals surface area (Å²) in [6.07, 6.45) is 2.36. The Balaban J connectivity index is 1.36. The van der Waals surface area contributed by atoms with Crippen LogP contribution in [0.3, 0.4) is 0 Å². The van der Waals surface area contributed by atoms with E-state index in [-0.39, 0.29) is 17.9 Å². The number of amides is 2. The topological polar surface area (TPSA) is 73.5 Å². The SMILES string of the molecule is C[C@@H](NC(=O)c1ccc2c(c1)/C(=C(/NC1CN3CCC1CC3)c1ccccc1)C(=O)N2)c1ccccc1. The number of carbonyl (C=O) groups is 2. The lowest BCUT2D eigenvalue weighted by atomic mass is 9.83. The zero-order valence-corrected chi connectivity index (χ0v) is 21.0. The molecule has 2 atom stereocenters. The first kappa shape index (κ1) is 23.5. The van der Waals surface area contributed by atoms with E-state index in [4.69, 9.17) is 0 Å². The first-order chi connectivity index (χ1) is 18.1. The molecule has 3 aromatic rings. The van der Waals surface area contributed by atoms with Gasteiger partial charge in [0.25, 0.3) is 11.8 Å². The molecule has 6 heteroatoms. The lowest BCUT2D eigenvalue weighted by Gasteiger charge is -2.45. The molecule has 7 rings (SSSR count). The Morgan fingerprint density at radius 1 is 0.946 bits per heavy atom. The first-order valence-corrected chi connectivity index (χ1v) is 13.2. The Morgan fingerprint density at radius 3 is 2.32 bits per heavy atom. The number of anilines is 1. The highest BCUT2D eigenvalue weighted by atomic mass is 16.2. The van der Waals surface area contributed by atoms with Crippen LogP contribution in [0.5, 0.6) is 0 Å². The number of hydrogen-bond donors (Lipinski definition) is 3. The van der Waals surface area contributed by atoms with Gasteiger partial charge in [-0.15, -0.1) is 0 Å². The fraction of sp³-hybridized carbons (Fsp3) is 0.290. The van der Waals surface area contributed by atoms with Crippen molar-refractivity contribution in [3.8, 4) is 0 Å². The minimum Gasteiger partial charge on any atom is -0.380 e. The summed E-state index contributed by atoms with van der Waals surface area (Å²) in [6, 6.07) is 25.6. The van der Waals surface area contributed by atoms with Crippen molar-refractivity contribution in [3.05, 3.63) is 101 Å². The molecule has 0 aromatic heterocycles. The summed E-state index contributed by atoms with van der Waals surface area (Å²) >= 11 is 0. The minimum absolute atomic E-state index is 0.130. The summed E-state index contributed by atoms with van der Waals surface area (Å²) in [4.78, 5) is 29.1. The van der Waals surface area contributed by atoms with Gasteiger partial charge in [-0.05, 0) is 68.1 Å². The first-order valence-electron chi connectivity index (χ1n) is 13.2. The van der Waals surface area contributed by atoms with E-state index >= 15 is 0 Å². The largest absolute Gasteiger partial charge is 0.380 e. The Morgan fingerprint density at radius 2 is 1.65 bits per heavy atom. The lowest BCUT2D eigenvalue weighted by molar-refractivity contribution is -0.110. The van der Waals surface area contributed by atoms with E-state index < -0.39 is 0 Å². The lowest BCUT2D eigenvalue weighted by Crippen LogP contribution is -2.55.